The summed E-state index contributed by atoms with van der Waals surface area (Å²) in [5.41, 5.74) is 6.62. The maximum absolute atomic E-state index is 9.03. The van der Waals surface area contributed by atoms with E-state index in [1.807, 2.05) is 19.9 Å². The topological polar surface area (TPSA) is 74.7 Å². The number of halogens is 1. The maximum Gasteiger partial charge on any atom is 0.103 e. The summed E-state index contributed by atoms with van der Waals surface area (Å²) in [7, 11) is 0. The van der Waals surface area contributed by atoms with E-state index in [4.69, 9.17) is 11.1 Å². The molecule has 0 saturated heterocycles. The smallest absolute Gasteiger partial charge is 0.103 e. The molecule has 1 heterocycles. The van der Waals surface area contributed by atoms with Crippen LogP contribution in [0.15, 0.2) is 16.7 Å². The number of hydrogen-bond acceptors (Lipinski definition) is 4. The van der Waals surface area contributed by atoms with Crippen LogP contribution in [0.5, 0.6) is 0 Å². The molecule has 0 spiro atoms. The summed E-state index contributed by atoms with van der Waals surface area (Å²) in [6.07, 6.45) is 1.53. The van der Waals surface area contributed by atoms with Crippen molar-refractivity contribution in [1.29, 1.82) is 5.26 Å². The summed E-state index contributed by atoms with van der Waals surface area (Å²) < 4.78 is 1.01. The van der Waals surface area contributed by atoms with Gasteiger partial charge in [0.25, 0.3) is 0 Å². The second kappa shape index (κ2) is 4.32. The van der Waals surface area contributed by atoms with Crippen molar-refractivity contribution in [2.75, 3.05) is 5.43 Å². The zero-order valence-electron chi connectivity index (χ0n) is 9.50. The number of hydrogen-bond donors (Lipinski definition) is 2. The van der Waals surface area contributed by atoms with Gasteiger partial charge in [0.05, 0.1) is 16.8 Å². The Bertz CT molecular complexity index is 643. The van der Waals surface area contributed by atoms with Crippen LogP contribution in [0.2, 0.25) is 0 Å². The highest BCUT2D eigenvalue weighted by Crippen LogP contribution is 2.34. The number of rotatable bonds is 1. The zero-order valence-corrected chi connectivity index (χ0v) is 11.1. The van der Waals surface area contributed by atoms with Crippen molar-refractivity contribution in [3.63, 3.8) is 0 Å². The lowest BCUT2D eigenvalue weighted by Gasteiger charge is -2.12. The lowest BCUT2D eigenvalue weighted by molar-refractivity contribution is 1.28. The highest BCUT2D eigenvalue weighted by Gasteiger charge is 2.13. The van der Waals surface area contributed by atoms with E-state index < -0.39 is 0 Å². The van der Waals surface area contributed by atoms with Crippen molar-refractivity contribution in [2.45, 2.75) is 13.8 Å². The molecule has 0 bridgehead atoms. The van der Waals surface area contributed by atoms with E-state index >= 15 is 0 Å². The average molecular weight is 291 g/mol. The molecule has 0 amide bonds. The number of nitriles is 1. The number of benzene rings is 1. The van der Waals surface area contributed by atoms with Gasteiger partial charge in [0.1, 0.15) is 6.07 Å². The third kappa shape index (κ3) is 1.75. The first-order valence-electron chi connectivity index (χ1n) is 5.05. The average Bonchev–Trinajstić information content (AvgIpc) is 2.34. The summed E-state index contributed by atoms with van der Waals surface area (Å²) in [5.74, 6) is 5.51. The van der Waals surface area contributed by atoms with Crippen molar-refractivity contribution < 1.29 is 0 Å². The molecule has 0 unspecified atom stereocenters. The van der Waals surface area contributed by atoms with Gasteiger partial charge < -0.3 is 5.43 Å². The van der Waals surface area contributed by atoms with Crippen molar-refractivity contribution in [2.24, 2.45) is 5.84 Å². The zero-order chi connectivity index (χ0) is 12.6. The number of hydrazine groups is 1. The minimum Gasteiger partial charge on any atom is -0.322 e. The lowest BCUT2D eigenvalue weighted by Crippen LogP contribution is -2.10. The van der Waals surface area contributed by atoms with E-state index in [1.54, 1.807) is 0 Å². The van der Waals surface area contributed by atoms with Gasteiger partial charge in [-0.3, -0.25) is 10.8 Å². The SMILES string of the molecule is Cc1cc2ncc(C#N)c(NN)c2c(C)c1Br. The first kappa shape index (κ1) is 11.8. The number of fused-ring (bicyclic) bond motifs is 1. The molecule has 0 saturated carbocycles. The molecule has 0 aliphatic heterocycles. The highest BCUT2D eigenvalue weighted by atomic mass is 79.9. The van der Waals surface area contributed by atoms with Crippen molar-refractivity contribution in [1.82, 2.24) is 4.98 Å². The predicted octanol–water partition coefficient (Wildman–Crippen LogP) is 2.77. The molecular weight excluding hydrogens is 280 g/mol. The number of nitrogens with two attached hydrogens (primary N) is 1. The number of aryl methyl sites for hydroxylation is 2. The second-order valence-corrected chi connectivity index (χ2v) is 4.62. The Balaban J connectivity index is 2.99. The number of nitrogens with zero attached hydrogens (tertiary/aromatic N) is 2. The number of aromatic nitrogens is 1. The van der Waals surface area contributed by atoms with Crippen LogP contribution in [-0.4, -0.2) is 4.98 Å². The van der Waals surface area contributed by atoms with Crippen LogP contribution >= 0.6 is 15.9 Å². The number of nitrogens with one attached hydrogen (secondary N) is 1. The predicted molar refractivity (Wildman–Crippen MR) is 71.4 cm³/mol. The Kier molecular flexibility index (Phi) is 3.01. The van der Waals surface area contributed by atoms with E-state index in [0.717, 1.165) is 26.5 Å². The molecule has 3 N–H and O–H groups in total. The van der Waals surface area contributed by atoms with E-state index in [1.165, 1.54) is 6.20 Å². The molecule has 0 atom stereocenters. The second-order valence-electron chi connectivity index (χ2n) is 3.83. The van der Waals surface area contributed by atoms with Gasteiger partial charge in [-0.1, -0.05) is 15.9 Å². The number of nitrogen functional groups attached to an aromatic ring is 1. The van der Waals surface area contributed by atoms with Crippen LogP contribution in [-0.2, 0) is 0 Å². The monoisotopic (exact) mass is 290 g/mol. The van der Waals surface area contributed by atoms with Crippen LogP contribution < -0.4 is 11.3 Å². The summed E-state index contributed by atoms with van der Waals surface area (Å²) >= 11 is 3.53. The summed E-state index contributed by atoms with van der Waals surface area (Å²) in [6.45, 7) is 3.98. The Hall–Kier alpha value is -1.64. The third-order valence-corrected chi connectivity index (χ3v) is 4.00. The molecule has 0 aliphatic rings. The van der Waals surface area contributed by atoms with Crippen molar-refractivity contribution >= 4 is 32.5 Å². The van der Waals surface area contributed by atoms with E-state index in [0.29, 0.717) is 11.3 Å². The highest BCUT2D eigenvalue weighted by molar-refractivity contribution is 9.10. The molecule has 86 valence electrons. The van der Waals surface area contributed by atoms with Crippen molar-refractivity contribution in [3.8, 4) is 6.07 Å². The first-order chi connectivity index (χ1) is 8.10. The molecule has 1 aromatic carbocycles. The fourth-order valence-corrected chi connectivity index (χ4v) is 2.24. The van der Waals surface area contributed by atoms with Gasteiger partial charge >= 0.3 is 0 Å². The Morgan fingerprint density at radius 2 is 2.18 bits per heavy atom. The van der Waals surface area contributed by atoms with Gasteiger partial charge in [-0.2, -0.15) is 5.26 Å². The summed E-state index contributed by atoms with van der Waals surface area (Å²) in [5, 5.41) is 9.91. The summed E-state index contributed by atoms with van der Waals surface area (Å²) in [4.78, 5) is 4.28. The molecular formula is C12H11BrN4. The largest absolute Gasteiger partial charge is 0.322 e. The van der Waals surface area contributed by atoms with E-state index in [9.17, 15) is 0 Å². The fourth-order valence-electron chi connectivity index (χ4n) is 1.92. The Labute approximate surface area is 108 Å². The van der Waals surface area contributed by atoms with Crippen LogP contribution in [0.4, 0.5) is 5.69 Å². The van der Waals surface area contributed by atoms with Crippen LogP contribution in [0.3, 0.4) is 0 Å². The Morgan fingerprint density at radius 3 is 2.76 bits per heavy atom. The third-order valence-electron chi connectivity index (χ3n) is 2.78. The molecule has 2 aromatic rings. The van der Waals surface area contributed by atoms with Gasteiger partial charge in [-0.25, -0.2) is 0 Å². The Morgan fingerprint density at radius 1 is 1.47 bits per heavy atom. The van der Waals surface area contributed by atoms with Gasteiger partial charge in [-0.15, -0.1) is 0 Å². The molecule has 5 heteroatoms. The number of pyridine rings is 1. The molecule has 0 fully saturated rings. The minimum atomic E-state index is 0.443. The fraction of sp³-hybridized carbons (Fsp3) is 0.167. The number of anilines is 1. The maximum atomic E-state index is 9.03. The van der Waals surface area contributed by atoms with E-state index in [2.05, 4.69) is 32.4 Å². The molecule has 1 aromatic heterocycles. The molecule has 0 aliphatic carbocycles. The van der Waals surface area contributed by atoms with Gasteiger partial charge in [0, 0.05) is 16.1 Å². The van der Waals surface area contributed by atoms with Gasteiger partial charge in [0.15, 0.2) is 0 Å². The van der Waals surface area contributed by atoms with Gasteiger partial charge in [0.2, 0.25) is 0 Å². The minimum absolute atomic E-state index is 0.443. The van der Waals surface area contributed by atoms with Gasteiger partial charge in [-0.05, 0) is 31.0 Å². The van der Waals surface area contributed by atoms with Crippen LogP contribution in [0.1, 0.15) is 16.7 Å². The van der Waals surface area contributed by atoms with Crippen LogP contribution in [0.25, 0.3) is 10.9 Å². The van der Waals surface area contributed by atoms with Crippen molar-refractivity contribution in [3.05, 3.63) is 33.4 Å². The van der Waals surface area contributed by atoms with E-state index in [-0.39, 0.29) is 0 Å². The lowest BCUT2D eigenvalue weighted by atomic mass is 10.0. The van der Waals surface area contributed by atoms with Crippen LogP contribution in [0, 0.1) is 25.2 Å². The molecule has 0 radical (unpaired) electrons. The standard InChI is InChI=1S/C12H11BrN4/c1-6-3-9-10(7(2)11(6)13)12(17-15)8(4-14)5-16-9/h3,5H,15H2,1-2H3,(H,16,17). The molecule has 4 nitrogen and oxygen atoms in total. The molecule has 2 rings (SSSR count). The quantitative estimate of drug-likeness (QED) is 0.626. The molecule has 17 heavy (non-hydrogen) atoms. The first-order valence-corrected chi connectivity index (χ1v) is 5.84. The summed E-state index contributed by atoms with van der Waals surface area (Å²) in [6, 6.07) is 4.05. The normalized spacial score (nSPS) is 10.3.